The molecule has 1 aliphatic heterocycles. The molecule has 0 saturated carbocycles. The summed E-state index contributed by atoms with van der Waals surface area (Å²) < 4.78 is 0. The summed E-state index contributed by atoms with van der Waals surface area (Å²) in [6, 6.07) is 22.6. The van der Waals surface area contributed by atoms with Gasteiger partial charge in [-0.05, 0) is 24.0 Å². The molecule has 2 nitrogen and oxygen atoms in total. The van der Waals surface area contributed by atoms with Crippen LogP contribution in [-0.2, 0) is 0 Å². The van der Waals surface area contributed by atoms with E-state index in [1.54, 1.807) is 0 Å². The predicted octanol–water partition coefficient (Wildman–Crippen LogP) is 4.07. The van der Waals surface area contributed by atoms with Crippen LogP contribution in [0.3, 0.4) is 0 Å². The largest absolute Gasteiger partial charge is 0.314 e. The summed E-state index contributed by atoms with van der Waals surface area (Å²) in [6.07, 6.45) is 2.22. The minimum atomic E-state index is 0.319. The maximum absolute atomic E-state index is 5.94. The van der Waals surface area contributed by atoms with E-state index in [0.29, 0.717) is 12.1 Å². The minimum absolute atomic E-state index is 0.319. The third-order valence-corrected chi connectivity index (χ3v) is 4.90. The van der Waals surface area contributed by atoms with E-state index < -0.39 is 0 Å². The lowest BCUT2D eigenvalue weighted by atomic mass is 9.93. The Morgan fingerprint density at radius 2 is 1.61 bits per heavy atom. The predicted molar refractivity (Wildman–Crippen MR) is 98.0 cm³/mol. The van der Waals surface area contributed by atoms with E-state index in [1.807, 2.05) is 0 Å². The van der Waals surface area contributed by atoms with E-state index in [0.717, 1.165) is 38.4 Å². The highest BCUT2D eigenvalue weighted by Crippen LogP contribution is 2.31. The van der Waals surface area contributed by atoms with Gasteiger partial charge in [-0.15, -0.1) is 11.6 Å². The van der Waals surface area contributed by atoms with E-state index >= 15 is 0 Å². The van der Waals surface area contributed by atoms with Crippen molar-refractivity contribution >= 4 is 11.6 Å². The van der Waals surface area contributed by atoms with Gasteiger partial charge < -0.3 is 5.32 Å². The van der Waals surface area contributed by atoms with Crippen LogP contribution in [0.25, 0.3) is 0 Å². The van der Waals surface area contributed by atoms with Crippen molar-refractivity contribution in [1.82, 2.24) is 10.2 Å². The van der Waals surface area contributed by atoms with Crippen LogP contribution in [0.15, 0.2) is 60.7 Å². The summed E-state index contributed by atoms with van der Waals surface area (Å²) in [7, 11) is 0. The van der Waals surface area contributed by atoms with Gasteiger partial charge >= 0.3 is 0 Å². The number of hydrogen-bond donors (Lipinski definition) is 1. The Kier molecular flexibility index (Phi) is 6.09. The molecule has 0 spiro atoms. The van der Waals surface area contributed by atoms with Crippen LogP contribution in [0.5, 0.6) is 0 Å². The summed E-state index contributed by atoms with van der Waals surface area (Å²) in [4.78, 5) is 2.66. The molecule has 1 fully saturated rings. The first-order valence-corrected chi connectivity index (χ1v) is 9.06. The number of benzene rings is 2. The van der Waals surface area contributed by atoms with Gasteiger partial charge in [0.1, 0.15) is 0 Å². The Morgan fingerprint density at radius 1 is 1.00 bits per heavy atom. The smallest absolute Gasteiger partial charge is 0.0605 e. The van der Waals surface area contributed by atoms with E-state index in [4.69, 9.17) is 11.6 Å². The fourth-order valence-electron chi connectivity index (χ4n) is 3.54. The molecular formula is C20H25ClN2. The molecule has 0 radical (unpaired) electrons. The van der Waals surface area contributed by atoms with Crippen molar-refractivity contribution in [2.75, 3.05) is 25.5 Å². The van der Waals surface area contributed by atoms with Gasteiger partial charge in [-0.2, -0.15) is 0 Å². The molecule has 1 saturated heterocycles. The van der Waals surface area contributed by atoms with E-state index in [-0.39, 0.29) is 0 Å². The average Bonchev–Trinajstić information content (AvgIpc) is 2.63. The first-order chi connectivity index (χ1) is 11.4. The lowest BCUT2D eigenvalue weighted by Crippen LogP contribution is -2.52. The van der Waals surface area contributed by atoms with Gasteiger partial charge in [-0.3, -0.25) is 4.90 Å². The SMILES string of the molecule is ClCCCC1CNCCN1C(c1ccccc1)c1ccccc1. The second-order valence-corrected chi connectivity index (χ2v) is 6.53. The monoisotopic (exact) mass is 328 g/mol. The van der Waals surface area contributed by atoms with Crippen LogP contribution in [-0.4, -0.2) is 36.5 Å². The molecular weight excluding hydrogens is 304 g/mol. The number of alkyl halides is 1. The van der Waals surface area contributed by atoms with Crippen molar-refractivity contribution in [2.45, 2.75) is 24.9 Å². The zero-order chi connectivity index (χ0) is 15.9. The molecule has 0 aromatic heterocycles. The lowest BCUT2D eigenvalue weighted by molar-refractivity contribution is 0.118. The van der Waals surface area contributed by atoms with Crippen molar-refractivity contribution in [2.24, 2.45) is 0 Å². The number of halogens is 1. The van der Waals surface area contributed by atoms with Gasteiger partial charge in [0.05, 0.1) is 6.04 Å². The first kappa shape index (κ1) is 16.5. The molecule has 23 heavy (non-hydrogen) atoms. The lowest BCUT2D eigenvalue weighted by Gasteiger charge is -2.42. The fourth-order valence-corrected chi connectivity index (χ4v) is 3.70. The minimum Gasteiger partial charge on any atom is -0.314 e. The number of rotatable bonds is 6. The Balaban J connectivity index is 1.93. The van der Waals surface area contributed by atoms with Crippen LogP contribution >= 0.6 is 11.6 Å². The molecule has 1 unspecified atom stereocenters. The van der Waals surface area contributed by atoms with Crippen molar-refractivity contribution in [3.63, 3.8) is 0 Å². The molecule has 0 amide bonds. The number of nitrogens with zero attached hydrogens (tertiary/aromatic N) is 1. The number of nitrogens with one attached hydrogen (secondary N) is 1. The maximum atomic E-state index is 5.94. The van der Waals surface area contributed by atoms with Crippen LogP contribution in [0, 0.1) is 0 Å². The molecule has 2 aromatic rings. The third-order valence-electron chi connectivity index (χ3n) is 4.63. The van der Waals surface area contributed by atoms with Gasteiger partial charge in [0.25, 0.3) is 0 Å². The molecule has 1 heterocycles. The molecule has 122 valence electrons. The fraction of sp³-hybridized carbons (Fsp3) is 0.400. The van der Waals surface area contributed by atoms with Crippen LogP contribution in [0.2, 0.25) is 0 Å². The van der Waals surface area contributed by atoms with Crippen molar-refractivity contribution < 1.29 is 0 Å². The molecule has 3 heteroatoms. The maximum Gasteiger partial charge on any atom is 0.0605 e. The molecule has 2 aromatic carbocycles. The van der Waals surface area contributed by atoms with Crippen molar-refractivity contribution in [1.29, 1.82) is 0 Å². The van der Waals surface area contributed by atoms with Gasteiger partial charge in [0.15, 0.2) is 0 Å². The normalized spacial score (nSPS) is 19.1. The molecule has 1 aliphatic rings. The molecule has 1 N–H and O–H groups in total. The summed E-state index contributed by atoms with van der Waals surface area (Å²) >= 11 is 5.94. The summed E-state index contributed by atoms with van der Waals surface area (Å²) in [6.45, 7) is 3.17. The number of piperazine rings is 1. The molecule has 0 bridgehead atoms. The second-order valence-electron chi connectivity index (χ2n) is 6.15. The average molecular weight is 329 g/mol. The summed E-state index contributed by atoms with van der Waals surface area (Å²) in [5, 5.41) is 3.55. The summed E-state index contributed by atoms with van der Waals surface area (Å²) in [5.41, 5.74) is 2.74. The van der Waals surface area contributed by atoms with E-state index in [1.165, 1.54) is 11.1 Å². The Labute approximate surface area is 144 Å². The van der Waals surface area contributed by atoms with Crippen LogP contribution in [0.1, 0.15) is 30.0 Å². The highest BCUT2D eigenvalue weighted by Gasteiger charge is 2.30. The van der Waals surface area contributed by atoms with Gasteiger partial charge in [0, 0.05) is 31.6 Å². The van der Waals surface area contributed by atoms with E-state index in [9.17, 15) is 0 Å². The van der Waals surface area contributed by atoms with E-state index in [2.05, 4.69) is 70.9 Å². The van der Waals surface area contributed by atoms with Gasteiger partial charge in [0.2, 0.25) is 0 Å². The van der Waals surface area contributed by atoms with Crippen LogP contribution in [0.4, 0.5) is 0 Å². The third kappa shape index (κ3) is 4.14. The highest BCUT2D eigenvalue weighted by atomic mass is 35.5. The first-order valence-electron chi connectivity index (χ1n) is 8.52. The zero-order valence-corrected chi connectivity index (χ0v) is 14.3. The quantitative estimate of drug-likeness (QED) is 0.804. The van der Waals surface area contributed by atoms with Crippen LogP contribution < -0.4 is 5.32 Å². The summed E-state index contributed by atoms with van der Waals surface area (Å²) in [5.74, 6) is 0.742. The Hall–Kier alpha value is -1.35. The zero-order valence-electron chi connectivity index (χ0n) is 13.5. The second kappa shape index (κ2) is 8.49. The molecule has 3 rings (SSSR count). The molecule has 1 atom stereocenters. The highest BCUT2D eigenvalue weighted by molar-refractivity contribution is 6.17. The Morgan fingerprint density at radius 3 is 2.17 bits per heavy atom. The van der Waals surface area contributed by atoms with Crippen molar-refractivity contribution in [3.8, 4) is 0 Å². The Bertz CT molecular complexity index is 533. The van der Waals surface area contributed by atoms with Gasteiger partial charge in [-0.1, -0.05) is 60.7 Å². The molecule has 0 aliphatic carbocycles. The topological polar surface area (TPSA) is 15.3 Å². The van der Waals surface area contributed by atoms with Crippen molar-refractivity contribution in [3.05, 3.63) is 71.8 Å². The van der Waals surface area contributed by atoms with Gasteiger partial charge in [-0.25, -0.2) is 0 Å². The standard InChI is InChI=1S/C20H25ClN2/c21-13-7-12-19-16-22-14-15-23(19)20(17-8-3-1-4-9-17)18-10-5-2-6-11-18/h1-6,8-11,19-20,22H,7,12-16H2. The number of hydrogen-bond acceptors (Lipinski definition) is 2.